The Hall–Kier alpha value is 1.59. The fraction of sp³-hybridized carbons (Fsp3) is 0.963. The van der Waals surface area contributed by atoms with E-state index in [1.54, 1.807) is 0 Å². The standard InChI is InChI=1S/C27H50Br4O/c1-7-10-12-13-16-22(4)17-21-25(24(6)32,23(5)9-3)18-15-20-27(30,31)26(28,29)19-14-11-8-2/h22-23H,7-21H2,1-6H3. The van der Waals surface area contributed by atoms with Gasteiger partial charge in [-0.1, -0.05) is 163 Å². The van der Waals surface area contributed by atoms with Crippen molar-refractivity contribution in [3.05, 3.63) is 0 Å². The Balaban J connectivity index is 5.10. The van der Waals surface area contributed by atoms with Crippen molar-refractivity contribution in [1.82, 2.24) is 0 Å². The van der Waals surface area contributed by atoms with Gasteiger partial charge < -0.3 is 0 Å². The van der Waals surface area contributed by atoms with E-state index in [4.69, 9.17) is 0 Å². The second-order valence-electron chi connectivity index (χ2n) is 10.2. The first-order valence-electron chi connectivity index (χ1n) is 13.2. The van der Waals surface area contributed by atoms with E-state index in [2.05, 4.69) is 98.3 Å². The third kappa shape index (κ3) is 11.5. The summed E-state index contributed by atoms with van der Waals surface area (Å²) in [6.07, 6.45) is 17.6. The minimum atomic E-state index is -0.231. The van der Waals surface area contributed by atoms with Gasteiger partial charge in [0.2, 0.25) is 0 Å². The zero-order valence-electron chi connectivity index (χ0n) is 21.7. The number of hydrogen-bond acceptors (Lipinski definition) is 1. The van der Waals surface area contributed by atoms with E-state index in [1.165, 1.54) is 57.8 Å². The molecular weight excluding hydrogens is 660 g/mol. The Bertz CT molecular complexity index is 506. The highest BCUT2D eigenvalue weighted by molar-refractivity contribution is 9.30. The molecule has 3 atom stereocenters. The lowest BCUT2D eigenvalue weighted by Gasteiger charge is -2.40. The summed E-state index contributed by atoms with van der Waals surface area (Å²) in [7, 11) is 0. The van der Waals surface area contributed by atoms with Crippen LogP contribution in [-0.4, -0.2) is 12.3 Å². The predicted molar refractivity (Wildman–Crippen MR) is 159 cm³/mol. The maximum Gasteiger partial charge on any atom is 0.136 e. The molecule has 0 aliphatic carbocycles. The highest BCUT2D eigenvalue weighted by Gasteiger charge is 2.45. The Morgan fingerprint density at radius 1 is 0.688 bits per heavy atom. The molecule has 0 bridgehead atoms. The molecule has 0 fully saturated rings. The number of alkyl halides is 4. The van der Waals surface area contributed by atoms with E-state index in [9.17, 15) is 4.79 Å². The number of rotatable bonds is 20. The Morgan fingerprint density at radius 3 is 1.72 bits per heavy atom. The summed E-state index contributed by atoms with van der Waals surface area (Å²) in [5.74, 6) is 1.53. The Kier molecular flexibility index (Phi) is 18.0. The molecule has 0 aromatic carbocycles. The summed E-state index contributed by atoms with van der Waals surface area (Å²) in [4.78, 5) is 13.1. The number of carbonyl (C=O) groups excluding carboxylic acids is 1. The molecule has 3 unspecified atom stereocenters. The minimum Gasteiger partial charge on any atom is -0.299 e. The molecule has 0 radical (unpaired) electrons. The van der Waals surface area contributed by atoms with Crippen LogP contribution in [0, 0.1) is 17.3 Å². The van der Waals surface area contributed by atoms with Crippen LogP contribution in [0.4, 0.5) is 0 Å². The summed E-state index contributed by atoms with van der Waals surface area (Å²) in [6.45, 7) is 13.3. The fourth-order valence-electron chi connectivity index (χ4n) is 4.86. The van der Waals surface area contributed by atoms with Crippen molar-refractivity contribution in [2.24, 2.45) is 17.3 Å². The lowest BCUT2D eigenvalue weighted by atomic mass is 9.65. The van der Waals surface area contributed by atoms with E-state index >= 15 is 0 Å². The third-order valence-electron chi connectivity index (χ3n) is 7.63. The lowest BCUT2D eigenvalue weighted by Crippen LogP contribution is -2.38. The molecule has 0 heterocycles. The van der Waals surface area contributed by atoms with E-state index in [-0.39, 0.29) is 11.9 Å². The van der Waals surface area contributed by atoms with Crippen LogP contribution in [0.1, 0.15) is 138 Å². The number of ketones is 1. The van der Waals surface area contributed by atoms with E-state index < -0.39 is 0 Å². The van der Waals surface area contributed by atoms with Crippen molar-refractivity contribution in [1.29, 1.82) is 0 Å². The number of hydrogen-bond donors (Lipinski definition) is 0. The first-order valence-corrected chi connectivity index (χ1v) is 16.3. The summed E-state index contributed by atoms with van der Waals surface area (Å²) >= 11 is 15.8. The molecule has 0 aromatic heterocycles. The average Bonchev–Trinajstić information content (AvgIpc) is 2.72. The molecule has 0 rings (SSSR count). The number of carbonyl (C=O) groups is 1. The molecule has 0 aliphatic rings. The molecule has 0 aromatic rings. The molecular formula is C27H50Br4O. The van der Waals surface area contributed by atoms with Crippen LogP contribution in [0.2, 0.25) is 0 Å². The van der Waals surface area contributed by atoms with Gasteiger partial charge in [0, 0.05) is 5.41 Å². The van der Waals surface area contributed by atoms with Crippen molar-refractivity contribution in [2.45, 2.75) is 144 Å². The van der Waals surface area contributed by atoms with Gasteiger partial charge in [-0.05, 0) is 50.9 Å². The third-order valence-corrected chi connectivity index (χ3v) is 14.1. The van der Waals surface area contributed by atoms with Crippen LogP contribution in [0.15, 0.2) is 0 Å². The van der Waals surface area contributed by atoms with Gasteiger partial charge in [0.15, 0.2) is 0 Å². The largest absolute Gasteiger partial charge is 0.299 e. The normalized spacial score (nSPS) is 16.6. The molecule has 0 spiro atoms. The number of halogens is 4. The highest BCUT2D eigenvalue weighted by atomic mass is 79.9. The van der Waals surface area contributed by atoms with E-state index in [1.807, 2.05) is 6.92 Å². The molecule has 192 valence electrons. The highest BCUT2D eigenvalue weighted by Crippen LogP contribution is 2.54. The first-order chi connectivity index (χ1) is 14.9. The Morgan fingerprint density at radius 2 is 1.22 bits per heavy atom. The molecule has 0 amide bonds. The zero-order chi connectivity index (χ0) is 24.8. The van der Waals surface area contributed by atoms with Gasteiger partial charge in [-0.25, -0.2) is 0 Å². The van der Waals surface area contributed by atoms with Crippen LogP contribution >= 0.6 is 63.7 Å². The van der Waals surface area contributed by atoms with Crippen molar-refractivity contribution < 1.29 is 4.79 Å². The lowest BCUT2D eigenvalue weighted by molar-refractivity contribution is -0.131. The van der Waals surface area contributed by atoms with Gasteiger partial charge >= 0.3 is 0 Å². The van der Waals surface area contributed by atoms with Gasteiger partial charge in [0.05, 0.1) is 0 Å². The van der Waals surface area contributed by atoms with Crippen molar-refractivity contribution in [3.63, 3.8) is 0 Å². The van der Waals surface area contributed by atoms with Crippen LogP contribution in [-0.2, 0) is 4.79 Å². The SMILES string of the molecule is CCCCCCC(C)CCC(CCCC(Br)(Br)C(Br)(Br)CCCCC)(C(C)=O)C(C)CC. The van der Waals surface area contributed by atoms with Gasteiger partial charge in [0.25, 0.3) is 0 Å². The maximum absolute atomic E-state index is 13.1. The second-order valence-corrected chi connectivity index (χ2v) is 17.8. The zero-order valence-corrected chi connectivity index (χ0v) is 28.0. The molecule has 0 saturated carbocycles. The summed E-state index contributed by atoms with van der Waals surface area (Å²) in [6, 6.07) is 0. The molecule has 0 aliphatic heterocycles. The van der Waals surface area contributed by atoms with Gasteiger partial charge in [-0.15, -0.1) is 0 Å². The van der Waals surface area contributed by atoms with E-state index in [0.717, 1.165) is 38.5 Å². The van der Waals surface area contributed by atoms with E-state index in [0.29, 0.717) is 17.6 Å². The van der Waals surface area contributed by atoms with Crippen LogP contribution in [0.3, 0.4) is 0 Å². The van der Waals surface area contributed by atoms with Crippen LogP contribution in [0.5, 0.6) is 0 Å². The van der Waals surface area contributed by atoms with Crippen LogP contribution in [0.25, 0.3) is 0 Å². The summed E-state index contributed by atoms with van der Waals surface area (Å²) < 4.78 is -0.421. The smallest absolute Gasteiger partial charge is 0.136 e. The second kappa shape index (κ2) is 17.1. The molecule has 0 saturated heterocycles. The first kappa shape index (κ1) is 33.6. The van der Waals surface area contributed by atoms with Crippen molar-refractivity contribution >= 4 is 69.5 Å². The topological polar surface area (TPSA) is 17.1 Å². The monoisotopic (exact) mass is 706 g/mol. The quantitative estimate of drug-likeness (QED) is 0.0908. The molecule has 1 nitrogen and oxygen atoms in total. The molecule has 0 N–H and O–H groups in total. The number of unbranched alkanes of at least 4 members (excludes halogenated alkanes) is 5. The fourth-order valence-corrected chi connectivity index (χ4v) is 6.78. The van der Waals surface area contributed by atoms with Gasteiger partial charge in [-0.2, -0.15) is 0 Å². The Labute approximate surface area is 234 Å². The van der Waals surface area contributed by atoms with Crippen LogP contribution < -0.4 is 0 Å². The minimum absolute atomic E-state index is 0.188. The predicted octanol–water partition coefficient (Wildman–Crippen LogP) is 11.7. The molecule has 32 heavy (non-hydrogen) atoms. The molecule has 5 heteroatoms. The van der Waals surface area contributed by atoms with Crippen molar-refractivity contribution in [3.8, 4) is 0 Å². The van der Waals surface area contributed by atoms with Gasteiger partial charge in [0.1, 0.15) is 12.3 Å². The maximum atomic E-state index is 13.1. The average molecular weight is 710 g/mol. The summed E-state index contributed by atoms with van der Waals surface area (Å²) in [5, 5.41) is 0. The van der Waals surface area contributed by atoms with Crippen molar-refractivity contribution in [2.75, 3.05) is 0 Å². The number of Topliss-reactive ketones (excluding diaryl/α,β-unsaturated/α-hetero) is 1. The van der Waals surface area contributed by atoms with Gasteiger partial charge in [-0.3, -0.25) is 4.79 Å². The summed E-state index contributed by atoms with van der Waals surface area (Å²) in [5.41, 5.74) is -0.188.